The van der Waals surface area contributed by atoms with E-state index in [1.807, 2.05) is 54.6 Å². The minimum absolute atomic E-state index is 0.287. The fraction of sp³-hybridized carbons (Fsp3) is 0.143. The molecule has 2 aromatic rings. The second-order valence-corrected chi connectivity index (χ2v) is 6.21. The Bertz CT molecular complexity index is 809. The molecule has 2 nitrogen and oxygen atoms in total. The van der Waals surface area contributed by atoms with Crippen molar-refractivity contribution in [2.75, 3.05) is 0 Å². The van der Waals surface area contributed by atoms with Crippen molar-refractivity contribution in [2.24, 2.45) is 10.4 Å². The lowest BCUT2D eigenvalue weighted by molar-refractivity contribution is 0.638. The molecule has 0 unspecified atom stereocenters. The van der Waals surface area contributed by atoms with Crippen molar-refractivity contribution in [3.63, 3.8) is 0 Å². The SMILES string of the molecule is C=N/C(=C1\C(=N)C=C(c2ccccc2)C1(C)C)c1ccccc1. The summed E-state index contributed by atoms with van der Waals surface area (Å²) in [5, 5.41) is 8.50. The molecule has 0 bridgehead atoms. The predicted octanol–water partition coefficient (Wildman–Crippen LogP) is 5.24. The highest BCUT2D eigenvalue weighted by Gasteiger charge is 2.38. The lowest BCUT2D eigenvalue weighted by atomic mass is 9.77. The molecular formula is C21H20N2. The van der Waals surface area contributed by atoms with Crippen molar-refractivity contribution in [1.82, 2.24) is 0 Å². The fourth-order valence-corrected chi connectivity index (χ4v) is 3.26. The zero-order valence-electron chi connectivity index (χ0n) is 13.5. The summed E-state index contributed by atoms with van der Waals surface area (Å²) < 4.78 is 0. The Labute approximate surface area is 137 Å². The Hall–Kier alpha value is -2.74. The molecule has 0 saturated carbocycles. The van der Waals surface area contributed by atoms with Gasteiger partial charge in [-0.3, -0.25) is 4.99 Å². The van der Waals surface area contributed by atoms with Gasteiger partial charge in [0.2, 0.25) is 0 Å². The number of nitrogens with zero attached hydrogens (tertiary/aromatic N) is 1. The third-order valence-corrected chi connectivity index (χ3v) is 4.38. The van der Waals surface area contributed by atoms with E-state index >= 15 is 0 Å². The Morgan fingerprint density at radius 3 is 2.09 bits per heavy atom. The standard InChI is InChI=1S/C21H20N2/c1-21(2)17(15-10-6-4-7-11-15)14-18(22)19(21)20(23-3)16-12-8-5-9-13-16/h4-14,22H,3H2,1-2H3/b20-19+,22-18?. The van der Waals surface area contributed by atoms with Crippen LogP contribution in [0.15, 0.2) is 77.3 Å². The van der Waals surface area contributed by atoms with Crippen LogP contribution in [0.2, 0.25) is 0 Å². The molecular weight excluding hydrogens is 280 g/mol. The highest BCUT2D eigenvalue weighted by atomic mass is 14.7. The van der Waals surface area contributed by atoms with Crippen LogP contribution in [0, 0.1) is 10.8 Å². The van der Waals surface area contributed by atoms with Crippen LogP contribution in [0.4, 0.5) is 0 Å². The number of aliphatic imine (C=N–C) groups is 1. The first-order chi connectivity index (χ1) is 11.1. The summed E-state index contributed by atoms with van der Waals surface area (Å²) >= 11 is 0. The van der Waals surface area contributed by atoms with Crippen molar-refractivity contribution >= 4 is 23.7 Å². The molecule has 0 atom stereocenters. The minimum Gasteiger partial charge on any atom is -0.300 e. The Morgan fingerprint density at radius 1 is 0.957 bits per heavy atom. The Morgan fingerprint density at radius 2 is 1.52 bits per heavy atom. The minimum atomic E-state index is -0.287. The van der Waals surface area contributed by atoms with Gasteiger partial charge >= 0.3 is 0 Å². The summed E-state index contributed by atoms with van der Waals surface area (Å²) in [5.41, 5.74) is 5.24. The second-order valence-electron chi connectivity index (χ2n) is 6.21. The maximum absolute atomic E-state index is 8.50. The molecule has 0 saturated heterocycles. The largest absolute Gasteiger partial charge is 0.300 e. The molecule has 0 radical (unpaired) electrons. The van der Waals surface area contributed by atoms with Gasteiger partial charge < -0.3 is 5.41 Å². The van der Waals surface area contributed by atoms with Crippen molar-refractivity contribution < 1.29 is 0 Å². The number of allylic oxidation sites excluding steroid dienone is 3. The van der Waals surface area contributed by atoms with Gasteiger partial charge in [0.25, 0.3) is 0 Å². The van der Waals surface area contributed by atoms with E-state index < -0.39 is 0 Å². The van der Waals surface area contributed by atoms with E-state index in [0.717, 1.165) is 28.0 Å². The van der Waals surface area contributed by atoms with Gasteiger partial charge in [0.15, 0.2) is 0 Å². The molecule has 1 N–H and O–H groups in total. The third-order valence-electron chi connectivity index (χ3n) is 4.38. The number of hydrogen-bond donors (Lipinski definition) is 1. The predicted molar refractivity (Wildman–Crippen MR) is 98.8 cm³/mol. The maximum Gasteiger partial charge on any atom is 0.0756 e. The molecule has 114 valence electrons. The molecule has 1 aliphatic carbocycles. The van der Waals surface area contributed by atoms with Crippen LogP contribution in [-0.2, 0) is 0 Å². The van der Waals surface area contributed by atoms with Crippen molar-refractivity contribution in [3.8, 4) is 0 Å². The Balaban J connectivity index is 2.18. The number of rotatable bonds is 3. The highest BCUT2D eigenvalue weighted by Crippen LogP contribution is 2.49. The molecule has 0 fully saturated rings. The Kier molecular flexibility index (Phi) is 3.83. The number of nitrogens with one attached hydrogen (secondary N) is 1. The molecule has 23 heavy (non-hydrogen) atoms. The summed E-state index contributed by atoms with van der Waals surface area (Å²) in [6.07, 6.45) is 1.96. The smallest absolute Gasteiger partial charge is 0.0756 e. The van der Waals surface area contributed by atoms with E-state index in [4.69, 9.17) is 5.41 Å². The average Bonchev–Trinajstić information content (AvgIpc) is 2.81. The van der Waals surface area contributed by atoms with E-state index in [0.29, 0.717) is 5.71 Å². The van der Waals surface area contributed by atoms with E-state index in [1.165, 1.54) is 0 Å². The zero-order valence-corrected chi connectivity index (χ0v) is 13.5. The van der Waals surface area contributed by atoms with Gasteiger partial charge in [0.05, 0.1) is 11.4 Å². The van der Waals surface area contributed by atoms with E-state index in [1.54, 1.807) is 0 Å². The van der Waals surface area contributed by atoms with Crippen molar-refractivity contribution in [2.45, 2.75) is 13.8 Å². The molecule has 0 heterocycles. The van der Waals surface area contributed by atoms with Gasteiger partial charge in [-0.05, 0) is 23.9 Å². The van der Waals surface area contributed by atoms with Crippen LogP contribution in [0.25, 0.3) is 11.3 Å². The van der Waals surface area contributed by atoms with Crippen molar-refractivity contribution in [3.05, 3.63) is 83.4 Å². The van der Waals surface area contributed by atoms with Crippen LogP contribution < -0.4 is 0 Å². The lowest BCUT2D eigenvalue weighted by Gasteiger charge is -2.26. The summed E-state index contributed by atoms with van der Waals surface area (Å²) in [5.74, 6) is 0. The van der Waals surface area contributed by atoms with Gasteiger partial charge in [-0.25, -0.2) is 0 Å². The number of benzene rings is 2. The normalized spacial score (nSPS) is 18.5. The number of hydrogen-bond acceptors (Lipinski definition) is 2. The van der Waals surface area contributed by atoms with E-state index in [2.05, 4.69) is 37.7 Å². The van der Waals surface area contributed by atoms with Crippen LogP contribution >= 0.6 is 0 Å². The second kappa shape index (κ2) is 5.81. The highest BCUT2D eigenvalue weighted by molar-refractivity contribution is 6.21. The van der Waals surface area contributed by atoms with Crippen LogP contribution in [0.3, 0.4) is 0 Å². The summed E-state index contributed by atoms with van der Waals surface area (Å²) in [6.45, 7) is 8.05. The molecule has 2 aromatic carbocycles. The van der Waals surface area contributed by atoms with Crippen LogP contribution in [-0.4, -0.2) is 12.4 Å². The fourth-order valence-electron chi connectivity index (χ4n) is 3.26. The van der Waals surface area contributed by atoms with Crippen molar-refractivity contribution in [1.29, 1.82) is 5.41 Å². The quantitative estimate of drug-likeness (QED) is 0.752. The molecule has 0 aliphatic heterocycles. The molecule has 0 aromatic heterocycles. The molecule has 3 rings (SSSR count). The van der Waals surface area contributed by atoms with Crippen LogP contribution in [0.1, 0.15) is 25.0 Å². The van der Waals surface area contributed by atoms with Gasteiger partial charge in [0, 0.05) is 16.6 Å². The van der Waals surface area contributed by atoms with E-state index in [9.17, 15) is 0 Å². The first-order valence-electron chi connectivity index (χ1n) is 7.69. The van der Waals surface area contributed by atoms with Gasteiger partial charge in [-0.15, -0.1) is 0 Å². The molecule has 2 heteroatoms. The zero-order chi connectivity index (χ0) is 16.4. The summed E-state index contributed by atoms with van der Waals surface area (Å²) in [7, 11) is 0. The van der Waals surface area contributed by atoms with E-state index in [-0.39, 0.29) is 5.41 Å². The average molecular weight is 300 g/mol. The third kappa shape index (κ3) is 2.57. The molecule has 0 amide bonds. The van der Waals surface area contributed by atoms with Gasteiger partial charge in [0.1, 0.15) is 0 Å². The first kappa shape index (κ1) is 15.2. The molecule has 1 aliphatic rings. The lowest BCUT2D eigenvalue weighted by Crippen LogP contribution is -2.16. The monoisotopic (exact) mass is 300 g/mol. The van der Waals surface area contributed by atoms with Gasteiger partial charge in [-0.1, -0.05) is 74.5 Å². The first-order valence-corrected chi connectivity index (χ1v) is 7.69. The summed E-state index contributed by atoms with van der Waals surface area (Å²) in [6, 6.07) is 20.2. The molecule has 0 spiro atoms. The topological polar surface area (TPSA) is 36.2 Å². The summed E-state index contributed by atoms with van der Waals surface area (Å²) in [4.78, 5) is 4.27. The van der Waals surface area contributed by atoms with Gasteiger partial charge in [-0.2, -0.15) is 0 Å². The maximum atomic E-state index is 8.50. The van der Waals surface area contributed by atoms with Crippen LogP contribution in [0.5, 0.6) is 0 Å².